The number of fused-ring (bicyclic) bond motifs is 3. The second kappa shape index (κ2) is 2.20. The highest BCUT2D eigenvalue weighted by Gasteiger charge is 2.46. The van der Waals surface area contributed by atoms with Crippen LogP contribution in [0, 0.1) is 5.41 Å². The molecular weight excluding hydrogens is 138 g/mol. The molecule has 0 aliphatic heterocycles. The molecule has 0 saturated heterocycles. The van der Waals surface area contributed by atoms with Crippen molar-refractivity contribution in [2.24, 2.45) is 11.1 Å². The molecule has 2 heteroatoms. The topological polar surface area (TPSA) is 46.2 Å². The molecule has 0 spiro atoms. The fourth-order valence-corrected chi connectivity index (χ4v) is 2.55. The zero-order chi connectivity index (χ0) is 7.95. The van der Waals surface area contributed by atoms with E-state index in [0.29, 0.717) is 5.41 Å². The maximum absolute atomic E-state index is 9.89. The molecule has 2 bridgehead atoms. The van der Waals surface area contributed by atoms with E-state index in [9.17, 15) is 5.11 Å². The summed E-state index contributed by atoms with van der Waals surface area (Å²) in [5.74, 6) is 0. The van der Waals surface area contributed by atoms with Gasteiger partial charge in [-0.05, 0) is 50.5 Å². The van der Waals surface area contributed by atoms with E-state index in [2.05, 4.69) is 0 Å². The van der Waals surface area contributed by atoms with Crippen LogP contribution in [0.15, 0.2) is 0 Å². The van der Waals surface area contributed by atoms with Crippen molar-refractivity contribution in [2.75, 3.05) is 6.54 Å². The van der Waals surface area contributed by atoms with Crippen LogP contribution >= 0.6 is 0 Å². The van der Waals surface area contributed by atoms with Crippen LogP contribution in [0.5, 0.6) is 0 Å². The zero-order valence-corrected chi connectivity index (χ0v) is 6.97. The summed E-state index contributed by atoms with van der Waals surface area (Å²) < 4.78 is 0. The Labute approximate surface area is 67.8 Å². The number of aliphatic hydroxyl groups is 1. The Bertz CT molecular complexity index is 142. The lowest BCUT2D eigenvalue weighted by molar-refractivity contribution is -0.0883. The van der Waals surface area contributed by atoms with Crippen LogP contribution in [0.25, 0.3) is 0 Å². The highest BCUT2D eigenvalue weighted by molar-refractivity contribution is 4.99. The maximum Gasteiger partial charge on any atom is 0.0648 e. The lowest BCUT2D eigenvalue weighted by Crippen LogP contribution is -2.48. The molecule has 0 heterocycles. The number of hydrogen-bond acceptors (Lipinski definition) is 2. The summed E-state index contributed by atoms with van der Waals surface area (Å²) in [6.07, 6.45) is 6.43. The fourth-order valence-electron chi connectivity index (χ4n) is 2.55. The number of hydrogen-bond donors (Lipinski definition) is 2. The predicted octanol–water partition coefficient (Wildman–Crippen LogP) is 1.03. The standard InChI is InChI=1S/C9H17NO/c10-7-8-1-4-9(11,5-2-8)6-3-8/h11H,1-7,10H2. The summed E-state index contributed by atoms with van der Waals surface area (Å²) in [6, 6.07) is 0. The Morgan fingerprint density at radius 3 is 1.82 bits per heavy atom. The van der Waals surface area contributed by atoms with Crippen molar-refractivity contribution in [3.63, 3.8) is 0 Å². The second-order valence-corrected chi connectivity index (χ2v) is 4.43. The van der Waals surface area contributed by atoms with Gasteiger partial charge in [0.1, 0.15) is 0 Å². The molecule has 3 rings (SSSR count). The van der Waals surface area contributed by atoms with Gasteiger partial charge < -0.3 is 10.8 Å². The Hall–Kier alpha value is -0.0800. The van der Waals surface area contributed by atoms with Gasteiger partial charge in [0.05, 0.1) is 5.60 Å². The Kier molecular flexibility index (Phi) is 1.52. The molecule has 0 radical (unpaired) electrons. The minimum absolute atomic E-state index is 0.295. The highest BCUT2D eigenvalue weighted by Crippen LogP contribution is 2.51. The third kappa shape index (κ3) is 1.09. The Morgan fingerprint density at radius 1 is 1.00 bits per heavy atom. The summed E-state index contributed by atoms with van der Waals surface area (Å²) in [6.45, 7) is 0.822. The zero-order valence-electron chi connectivity index (χ0n) is 6.97. The average Bonchev–Trinajstić information content (AvgIpc) is 2.07. The van der Waals surface area contributed by atoms with Gasteiger partial charge in [-0.3, -0.25) is 0 Å². The van der Waals surface area contributed by atoms with Crippen molar-refractivity contribution in [1.82, 2.24) is 0 Å². The van der Waals surface area contributed by atoms with Gasteiger partial charge in [0, 0.05) is 0 Å². The van der Waals surface area contributed by atoms with Crippen LogP contribution in [0.3, 0.4) is 0 Å². The molecule has 3 aliphatic carbocycles. The average molecular weight is 155 g/mol. The van der Waals surface area contributed by atoms with Gasteiger partial charge in [-0.15, -0.1) is 0 Å². The minimum atomic E-state index is -0.295. The molecule has 0 aromatic heterocycles. The molecule has 0 atom stereocenters. The van der Waals surface area contributed by atoms with E-state index in [1.165, 1.54) is 0 Å². The van der Waals surface area contributed by atoms with E-state index >= 15 is 0 Å². The van der Waals surface area contributed by atoms with E-state index < -0.39 is 0 Å². The lowest BCUT2D eigenvalue weighted by Gasteiger charge is -2.50. The van der Waals surface area contributed by atoms with Crippen LogP contribution in [0.1, 0.15) is 38.5 Å². The van der Waals surface area contributed by atoms with Gasteiger partial charge in [0.15, 0.2) is 0 Å². The molecule has 64 valence electrons. The molecule has 0 aromatic carbocycles. The molecule has 2 nitrogen and oxygen atoms in total. The lowest BCUT2D eigenvalue weighted by atomic mass is 9.59. The van der Waals surface area contributed by atoms with Gasteiger partial charge in [-0.25, -0.2) is 0 Å². The van der Waals surface area contributed by atoms with Crippen molar-refractivity contribution in [3.8, 4) is 0 Å². The normalized spacial score (nSPS) is 49.6. The predicted molar refractivity (Wildman–Crippen MR) is 44.1 cm³/mol. The van der Waals surface area contributed by atoms with Crippen molar-refractivity contribution in [2.45, 2.75) is 44.1 Å². The second-order valence-electron chi connectivity index (χ2n) is 4.43. The first kappa shape index (κ1) is 7.56. The SMILES string of the molecule is NCC12CCC(O)(CC1)CC2. The monoisotopic (exact) mass is 155 g/mol. The van der Waals surface area contributed by atoms with Crippen LogP contribution < -0.4 is 5.73 Å². The van der Waals surface area contributed by atoms with Crippen LogP contribution in [0.2, 0.25) is 0 Å². The van der Waals surface area contributed by atoms with Crippen LogP contribution in [-0.2, 0) is 0 Å². The van der Waals surface area contributed by atoms with Crippen molar-refractivity contribution in [3.05, 3.63) is 0 Å². The van der Waals surface area contributed by atoms with Gasteiger partial charge >= 0.3 is 0 Å². The van der Waals surface area contributed by atoms with E-state index in [4.69, 9.17) is 5.73 Å². The molecule has 0 amide bonds. The quantitative estimate of drug-likeness (QED) is 0.594. The van der Waals surface area contributed by atoms with Crippen molar-refractivity contribution < 1.29 is 5.11 Å². The van der Waals surface area contributed by atoms with Crippen LogP contribution in [-0.4, -0.2) is 17.3 Å². The van der Waals surface area contributed by atoms with Gasteiger partial charge in [0.25, 0.3) is 0 Å². The van der Waals surface area contributed by atoms with E-state index in [0.717, 1.165) is 45.1 Å². The largest absolute Gasteiger partial charge is 0.390 e. The summed E-state index contributed by atoms with van der Waals surface area (Å²) in [5.41, 5.74) is 5.86. The first-order valence-electron chi connectivity index (χ1n) is 4.61. The van der Waals surface area contributed by atoms with Crippen molar-refractivity contribution in [1.29, 1.82) is 0 Å². The summed E-state index contributed by atoms with van der Waals surface area (Å²) in [5, 5.41) is 9.89. The summed E-state index contributed by atoms with van der Waals surface area (Å²) in [7, 11) is 0. The van der Waals surface area contributed by atoms with Gasteiger partial charge in [-0.2, -0.15) is 0 Å². The first-order valence-corrected chi connectivity index (χ1v) is 4.61. The maximum atomic E-state index is 9.89. The third-order valence-electron chi connectivity index (χ3n) is 3.80. The fraction of sp³-hybridized carbons (Fsp3) is 1.00. The molecule has 11 heavy (non-hydrogen) atoms. The Balaban J connectivity index is 2.12. The molecule has 3 saturated carbocycles. The van der Waals surface area contributed by atoms with E-state index in [1.54, 1.807) is 0 Å². The van der Waals surface area contributed by atoms with Gasteiger partial charge in [0.2, 0.25) is 0 Å². The first-order chi connectivity index (χ1) is 5.18. The van der Waals surface area contributed by atoms with Gasteiger partial charge in [-0.1, -0.05) is 0 Å². The van der Waals surface area contributed by atoms with E-state index in [-0.39, 0.29) is 5.60 Å². The number of rotatable bonds is 1. The molecule has 3 fully saturated rings. The molecule has 3 aliphatic rings. The van der Waals surface area contributed by atoms with E-state index in [1.807, 2.05) is 0 Å². The smallest absolute Gasteiger partial charge is 0.0648 e. The minimum Gasteiger partial charge on any atom is -0.390 e. The Morgan fingerprint density at radius 2 is 1.45 bits per heavy atom. The molecular formula is C9H17NO. The molecule has 0 aromatic rings. The number of nitrogens with two attached hydrogens (primary N) is 1. The third-order valence-corrected chi connectivity index (χ3v) is 3.80. The molecule has 0 unspecified atom stereocenters. The van der Waals surface area contributed by atoms with Crippen LogP contribution in [0.4, 0.5) is 0 Å². The van der Waals surface area contributed by atoms with Crippen molar-refractivity contribution >= 4 is 0 Å². The summed E-state index contributed by atoms with van der Waals surface area (Å²) >= 11 is 0. The molecule has 3 N–H and O–H groups in total. The highest BCUT2D eigenvalue weighted by atomic mass is 16.3. The summed E-state index contributed by atoms with van der Waals surface area (Å²) in [4.78, 5) is 0.